The molecular formula is C13H14BrN3O3. The Bertz CT molecular complexity index is 620. The summed E-state index contributed by atoms with van der Waals surface area (Å²) < 4.78 is 6.17. The smallest absolute Gasteiger partial charge is 0.270 e. The van der Waals surface area contributed by atoms with E-state index in [1.807, 2.05) is 13.8 Å². The molecule has 0 unspecified atom stereocenters. The number of nitro groups is 1. The SMILES string of the molecule is Cc1nc(CNCc2ccc([N+](=O)[O-])cc2Br)oc1C. The number of aryl methyl sites for hydroxylation is 2. The first kappa shape index (κ1) is 14.7. The van der Waals surface area contributed by atoms with Gasteiger partial charge in [0.15, 0.2) is 0 Å². The number of non-ortho nitro benzene ring substituents is 1. The van der Waals surface area contributed by atoms with E-state index in [0.29, 0.717) is 23.5 Å². The van der Waals surface area contributed by atoms with Crippen molar-refractivity contribution in [2.45, 2.75) is 26.9 Å². The molecule has 0 aliphatic heterocycles. The zero-order valence-electron chi connectivity index (χ0n) is 11.1. The average molecular weight is 340 g/mol. The second kappa shape index (κ2) is 6.15. The number of hydrogen-bond donors (Lipinski definition) is 1. The van der Waals surface area contributed by atoms with Crippen molar-refractivity contribution in [3.63, 3.8) is 0 Å². The molecular weight excluding hydrogens is 326 g/mol. The van der Waals surface area contributed by atoms with Crippen LogP contribution in [0.5, 0.6) is 0 Å². The molecule has 1 aromatic heterocycles. The molecule has 0 bridgehead atoms. The van der Waals surface area contributed by atoms with Gasteiger partial charge >= 0.3 is 0 Å². The van der Waals surface area contributed by atoms with Gasteiger partial charge in [-0.25, -0.2) is 4.98 Å². The number of hydrogen-bond acceptors (Lipinski definition) is 5. The lowest BCUT2D eigenvalue weighted by Crippen LogP contribution is -2.13. The van der Waals surface area contributed by atoms with Gasteiger partial charge in [-0.1, -0.05) is 15.9 Å². The molecule has 7 heteroatoms. The van der Waals surface area contributed by atoms with Gasteiger partial charge in [0, 0.05) is 23.2 Å². The molecule has 1 heterocycles. The third-order valence-corrected chi connectivity index (χ3v) is 3.65. The fraction of sp³-hybridized carbons (Fsp3) is 0.308. The summed E-state index contributed by atoms with van der Waals surface area (Å²) in [7, 11) is 0. The number of nitro benzene ring substituents is 1. The number of halogens is 1. The number of benzene rings is 1. The Morgan fingerprint density at radius 1 is 1.40 bits per heavy atom. The van der Waals surface area contributed by atoms with Gasteiger partial charge in [0.2, 0.25) is 5.89 Å². The molecule has 0 radical (unpaired) electrons. The standard InChI is InChI=1S/C13H14BrN3O3/c1-8-9(2)20-13(16-8)7-15-6-10-3-4-11(17(18)19)5-12(10)14/h3-5,15H,6-7H2,1-2H3. The summed E-state index contributed by atoms with van der Waals surface area (Å²) in [6, 6.07) is 4.71. The van der Waals surface area contributed by atoms with Crippen molar-refractivity contribution in [3.8, 4) is 0 Å². The molecule has 20 heavy (non-hydrogen) atoms. The van der Waals surface area contributed by atoms with Gasteiger partial charge in [0.25, 0.3) is 5.69 Å². The molecule has 1 aromatic carbocycles. The topological polar surface area (TPSA) is 81.2 Å². The van der Waals surface area contributed by atoms with Crippen LogP contribution in [0.25, 0.3) is 0 Å². The second-order valence-corrected chi connectivity index (χ2v) is 5.24. The van der Waals surface area contributed by atoms with E-state index in [1.54, 1.807) is 6.07 Å². The summed E-state index contributed by atoms with van der Waals surface area (Å²) in [5.41, 5.74) is 1.90. The number of aromatic nitrogens is 1. The van der Waals surface area contributed by atoms with Crippen molar-refractivity contribution in [1.29, 1.82) is 0 Å². The fourth-order valence-electron chi connectivity index (χ4n) is 1.71. The molecule has 0 aliphatic rings. The highest BCUT2D eigenvalue weighted by Crippen LogP contribution is 2.22. The summed E-state index contributed by atoms with van der Waals surface area (Å²) in [5.74, 6) is 1.45. The van der Waals surface area contributed by atoms with Crippen LogP contribution in [0.1, 0.15) is 22.9 Å². The highest BCUT2D eigenvalue weighted by molar-refractivity contribution is 9.10. The Morgan fingerprint density at radius 2 is 2.15 bits per heavy atom. The van der Waals surface area contributed by atoms with E-state index < -0.39 is 4.92 Å². The third-order valence-electron chi connectivity index (χ3n) is 2.91. The number of rotatable bonds is 5. The number of nitrogens with one attached hydrogen (secondary N) is 1. The lowest BCUT2D eigenvalue weighted by Gasteiger charge is -2.05. The normalized spacial score (nSPS) is 10.8. The Kier molecular flexibility index (Phi) is 4.51. The van der Waals surface area contributed by atoms with Gasteiger partial charge in [-0.3, -0.25) is 10.1 Å². The molecule has 0 atom stereocenters. The largest absolute Gasteiger partial charge is 0.444 e. The molecule has 0 aliphatic carbocycles. The Morgan fingerprint density at radius 3 is 2.70 bits per heavy atom. The Balaban J connectivity index is 1.95. The highest BCUT2D eigenvalue weighted by atomic mass is 79.9. The first-order valence-electron chi connectivity index (χ1n) is 6.04. The summed E-state index contributed by atoms with van der Waals surface area (Å²) >= 11 is 3.33. The Labute approximate surface area is 124 Å². The van der Waals surface area contributed by atoms with E-state index in [-0.39, 0.29) is 5.69 Å². The van der Waals surface area contributed by atoms with Crippen molar-refractivity contribution in [1.82, 2.24) is 10.3 Å². The highest BCUT2D eigenvalue weighted by Gasteiger charge is 2.09. The number of nitrogens with zero attached hydrogens (tertiary/aromatic N) is 2. The molecule has 106 valence electrons. The quantitative estimate of drug-likeness (QED) is 0.667. The van der Waals surface area contributed by atoms with Crippen molar-refractivity contribution < 1.29 is 9.34 Å². The summed E-state index contributed by atoms with van der Waals surface area (Å²) in [5, 5.41) is 13.8. The summed E-state index contributed by atoms with van der Waals surface area (Å²) in [4.78, 5) is 14.5. The molecule has 2 rings (SSSR count). The zero-order valence-corrected chi connectivity index (χ0v) is 12.7. The van der Waals surface area contributed by atoms with Crippen molar-refractivity contribution >= 4 is 21.6 Å². The van der Waals surface area contributed by atoms with Crippen LogP contribution in [0, 0.1) is 24.0 Å². The second-order valence-electron chi connectivity index (χ2n) is 4.39. The van der Waals surface area contributed by atoms with Crippen LogP contribution in [-0.2, 0) is 13.1 Å². The Hall–Kier alpha value is -1.73. The van der Waals surface area contributed by atoms with Crippen molar-refractivity contribution in [2.24, 2.45) is 0 Å². The molecule has 0 amide bonds. The molecule has 1 N–H and O–H groups in total. The van der Waals surface area contributed by atoms with Crippen LogP contribution < -0.4 is 5.32 Å². The fourth-order valence-corrected chi connectivity index (χ4v) is 2.22. The van der Waals surface area contributed by atoms with Crippen LogP contribution in [0.2, 0.25) is 0 Å². The molecule has 6 nitrogen and oxygen atoms in total. The van der Waals surface area contributed by atoms with Gasteiger partial charge in [-0.2, -0.15) is 0 Å². The molecule has 0 saturated carbocycles. The molecule has 0 saturated heterocycles. The minimum Gasteiger partial charge on any atom is -0.444 e. The monoisotopic (exact) mass is 339 g/mol. The molecule has 2 aromatic rings. The van der Waals surface area contributed by atoms with E-state index in [0.717, 1.165) is 17.0 Å². The van der Waals surface area contributed by atoms with Crippen molar-refractivity contribution in [2.75, 3.05) is 0 Å². The summed E-state index contributed by atoms with van der Waals surface area (Å²) in [6.07, 6.45) is 0. The van der Waals surface area contributed by atoms with Gasteiger partial charge in [0.05, 0.1) is 17.2 Å². The van der Waals surface area contributed by atoms with E-state index in [2.05, 4.69) is 26.2 Å². The van der Waals surface area contributed by atoms with E-state index in [1.165, 1.54) is 12.1 Å². The van der Waals surface area contributed by atoms with Crippen LogP contribution in [0.4, 0.5) is 5.69 Å². The van der Waals surface area contributed by atoms with Gasteiger partial charge in [0.1, 0.15) is 5.76 Å². The molecule has 0 fully saturated rings. The van der Waals surface area contributed by atoms with Crippen LogP contribution in [-0.4, -0.2) is 9.91 Å². The van der Waals surface area contributed by atoms with Gasteiger partial charge < -0.3 is 9.73 Å². The first-order chi connectivity index (χ1) is 9.47. The van der Waals surface area contributed by atoms with Crippen LogP contribution in [0.15, 0.2) is 27.1 Å². The minimum atomic E-state index is -0.416. The maximum Gasteiger partial charge on any atom is 0.270 e. The van der Waals surface area contributed by atoms with E-state index in [4.69, 9.17) is 4.42 Å². The zero-order chi connectivity index (χ0) is 14.7. The van der Waals surface area contributed by atoms with Crippen LogP contribution >= 0.6 is 15.9 Å². The van der Waals surface area contributed by atoms with E-state index in [9.17, 15) is 10.1 Å². The predicted molar refractivity (Wildman–Crippen MR) is 77.3 cm³/mol. The average Bonchev–Trinajstić information content (AvgIpc) is 2.70. The third kappa shape index (κ3) is 3.43. The summed E-state index contributed by atoms with van der Waals surface area (Å²) in [6.45, 7) is 4.85. The molecule has 0 spiro atoms. The first-order valence-corrected chi connectivity index (χ1v) is 6.83. The van der Waals surface area contributed by atoms with Gasteiger partial charge in [-0.15, -0.1) is 0 Å². The maximum absolute atomic E-state index is 10.6. The minimum absolute atomic E-state index is 0.0691. The number of oxazole rings is 1. The lowest BCUT2D eigenvalue weighted by molar-refractivity contribution is -0.384. The van der Waals surface area contributed by atoms with Crippen LogP contribution in [0.3, 0.4) is 0 Å². The van der Waals surface area contributed by atoms with Gasteiger partial charge in [-0.05, 0) is 25.5 Å². The predicted octanol–water partition coefficient (Wildman–Crippen LogP) is 3.25. The van der Waals surface area contributed by atoms with E-state index >= 15 is 0 Å². The maximum atomic E-state index is 10.6. The lowest BCUT2D eigenvalue weighted by atomic mass is 10.2. The van der Waals surface area contributed by atoms with Crippen molar-refractivity contribution in [3.05, 3.63) is 55.7 Å².